The monoisotopic (exact) mass is 1640 g/mol. The van der Waals surface area contributed by atoms with E-state index in [1.807, 2.05) is 130 Å². The second-order valence-corrected chi connectivity index (χ2v) is 33.6. The van der Waals surface area contributed by atoms with Gasteiger partial charge in [0.25, 0.3) is 0 Å². The fourth-order valence-corrected chi connectivity index (χ4v) is 18.2. The summed E-state index contributed by atoms with van der Waals surface area (Å²) in [5, 5.41) is 7.40. The number of aryl methyl sites for hydroxylation is 1. The normalized spacial score (nSPS) is 14.7. The highest BCUT2D eigenvalue weighted by Gasteiger charge is 2.30. The molecule has 19 nitrogen and oxygen atoms in total. The Kier molecular flexibility index (Phi) is 28.9. The average molecular weight is 1640 g/mol. The molecular formula is C101H110ClN13O6. The van der Waals surface area contributed by atoms with Gasteiger partial charge in [-0.3, -0.25) is 48.4 Å². The van der Waals surface area contributed by atoms with Crippen LogP contribution in [0.15, 0.2) is 170 Å². The number of nitrogens with one attached hydrogen (secondary N) is 1. The first kappa shape index (κ1) is 87.1. The molecule has 8 aromatic carbocycles. The number of hydrogen-bond donors (Lipinski definition) is 1. The summed E-state index contributed by atoms with van der Waals surface area (Å²) < 4.78 is 8.53. The van der Waals surface area contributed by atoms with Gasteiger partial charge in [0, 0.05) is 121 Å². The number of ketones is 5. The molecule has 4 saturated heterocycles. The van der Waals surface area contributed by atoms with Gasteiger partial charge in [-0.05, 0) is 279 Å². The van der Waals surface area contributed by atoms with Crippen LogP contribution in [0.25, 0.3) is 80.9 Å². The number of Topliss-reactive ketones (excluding diaryl/α,β-unsaturated/α-hetero) is 5. The van der Waals surface area contributed by atoms with Crippen molar-refractivity contribution < 1.29 is 28.8 Å². The van der Waals surface area contributed by atoms with Gasteiger partial charge in [0.15, 0.2) is 40.2 Å². The Morgan fingerprint density at radius 2 is 0.678 bits per heavy atom. The first-order valence-corrected chi connectivity index (χ1v) is 43.0. The van der Waals surface area contributed by atoms with Crippen LogP contribution in [0, 0.1) is 54.3 Å². The molecule has 4 aliphatic heterocycles. The van der Waals surface area contributed by atoms with E-state index in [9.17, 15) is 28.8 Å². The largest absolute Gasteiger partial charge is 0.352 e. The van der Waals surface area contributed by atoms with Gasteiger partial charge in [-0.25, -0.2) is 14.5 Å². The lowest BCUT2D eigenvalue weighted by molar-refractivity contribution is -0.119. The van der Waals surface area contributed by atoms with Crippen molar-refractivity contribution in [3.8, 4) is 22.7 Å². The standard InChI is InChI=1S/C26H28N4O2.C26H27N3O2.C25H30ClN3O.C24H25N3O/c1-18-26(25(32)17-29-13-5-4-6-14-29)23-15-20(16-28-19(2)31)7-12-24(23)30(18)22-10-8-21(27-3)9-11-22;1-18(30)15-20-7-12-24-23(16-20)26(25(31)17-28-13-5-4-6-14-28)19(2)29(24)22-10-8-21(27-3)9-11-22;1-18-25(24(30)17-28-13-5-4-6-14-28)22-12-7-19(16-27(2)3)15-23(22)29(18)21-10-8-20(26)9-11-21;1-17-7-12-21-22(15-17)27(20-10-8-19(25-3)9-11-20)18(2)24(21)23(28)16-26-13-5-4-6-14-26/h7-12,15H,4-6,13-14,16-17H2,1-2H3,(H,28,31);7-12,16H,4-6,13-15,17H2,1-2H3;7-12,15H,4-6,13-14,16-17H2,1-3H3;7-12,15H,4-6,13-14,16H2,1-2H3. The molecule has 1 amide bonds. The van der Waals surface area contributed by atoms with Gasteiger partial charge in [-0.2, -0.15) is 0 Å². The number of hydrogen-bond acceptors (Lipinski definition) is 11. The molecule has 4 aliphatic rings. The van der Waals surface area contributed by atoms with Crippen molar-refractivity contribution in [2.75, 3.05) is 92.6 Å². The van der Waals surface area contributed by atoms with Gasteiger partial charge >= 0.3 is 0 Å². The number of piperidine rings is 4. The Hall–Kier alpha value is -11.7. The second kappa shape index (κ2) is 40.1. The topological polar surface area (TPSA) is 163 Å². The quantitative estimate of drug-likeness (QED) is 0.0507. The van der Waals surface area contributed by atoms with Crippen molar-refractivity contribution in [1.29, 1.82) is 0 Å². The van der Waals surface area contributed by atoms with E-state index in [4.69, 9.17) is 31.3 Å². The lowest BCUT2D eigenvalue weighted by Gasteiger charge is -2.25. The summed E-state index contributed by atoms with van der Waals surface area (Å²) in [6.45, 7) is 45.9. The molecule has 4 aromatic heterocycles. The van der Waals surface area contributed by atoms with E-state index in [0.29, 0.717) is 61.2 Å². The molecular weight excluding hydrogens is 1530 g/mol. The van der Waals surface area contributed by atoms with Gasteiger partial charge in [0.1, 0.15) is 5.78 Å². The molecule has 0 spiro atoms. The van der Waals surface area contributed by atoms with E-state index < -0.39 is 0 Å². The van der Waals surface area contributed by atoms with Gasteiger partial charge < -0.3 is 28.5 Å². The highest BCUT2D eigenvalue weighted by Crippen LogP contribution is 2.38. The Balaban J connectivity index is 0.000000139. The summed E-state index contributed by atoms with van der Waals surface area (Å²) in [5.41, 5.74) is 20.9. The number of benzene rings is 8. The number of carbonyl (C=O) groups excluding carboxylic acids is 6. The van der Waals surface area contributed by atoms with Crippen molar-refractivity contribution in [2.24, 2.45) is 0 Å². The lowest BCUT2D eigenvalue weighted by Crippen LogP contribution is -2.34. The van der Waals surface area contributed by atoms with Crippen molar-refractivity contribution in [1.82, 2.24) is 48.1 Å². The molecule has 8 heterocycles. The molecule has 0 aliphatic carbocycles. The summed E-state index contributed by atoms with van der Waals surface area (Å²) >= 11 is 6.13. The predicted octanol–water partition coefficient (Wildman–Crippen LogP) is 20.9. The van der Waals surface area contributed by atoms with E-state index in [0.717, 1.165) is 207 Å². The Bertz CT molecular complexity index is 5940. The summed E-state index contributed by atoms with van der Waals surface area (Å²) in [6, 6.07) is 55.1. The maximum atomic E-state index is 13.5. The third-order valence-corrected chi connectivity index (χ3v) is 24.1. The third-order valence-electron chi connectivity index (χ3n) is 23.8. The number of fused-ring (bicyclic) bond motifs is 4. The molecule has 12 aromatic rings. The number of nitrogens with zero attached hydrogens (tertiary/aromatic N) is 12. The summed E-state index contributed by atoms with van der Waals surface area (Å²) in [5.74, 6) is 0.687. The molecule has 622 valence electrons. The molecule has 20 heteroatoms. The van der Waals surface area contributed by atoms with E-state index >= 15 is 0 Å². The Labute approximate surface area is 716 Å². The highest BCUT2D eigenvalue weighted by molar-refractivity contribution is 6.30. The van der Waals surface area contributed by atoms with E-state index in [-0.39, 0.29) is 34.8 Å². The molecule has 0 saturated carbocycles. The molecule has 121 heavy (non-hydrogen) atoms. The lowest BCUT2D eigenvalue weighted by atomic mass is 10.0. The van der Waals surface area contributed by atoms with E-state index in [1.165, 1.54) is 69.4 Å². The first-order valence-electron chi connectivity index (χ1n) is 42.6. The van der Waals surface area contributed by atoms with Crippen molar-refractivity contribution in [3.05, 3.63) is 276 Å². The zero-order valence-corrected chi connectivity index (χ0v) is 72.2. The maximum Gasteiger partial charge on any atom is 0.217 e. The van der Waals surface area contributed by atoms with Crippen LogP contribution in [0.5, 0.6) is 0 Å². The van der Waals surface area contributed by atoms with E-state index in [1.54, 1.807) is 31.2 Å². The van der Waals surface area contributed by atoms with Crippen LogP contribution in [0.3, 0.4) is 0 Å². The fourth-order valence-electron chi connectivity index (χ4n) is 18.1. The number of aromatic nitrogens is 4. The van der Waals surface area contributed by atoms with Crippen LogP contribution in [0.1, 0.15) is 177 Å². The SMILES string of the molecule is Cc1c(C(=O)CN2CCCCC2)c2ccc(CN(C)C)cc2n1-c1ccc(Cl)cc1.[C-]#[N+]c1ccc(-n2c(C)c(C(=O)CN3CCCCC3)c3cc(CC(C)=O)ccc32)cc1.[C-]#[N+]c1ccc(-n2c(C)c(C(=O)CN3CCCCC3)c3cc(CNC(C)=O)ccc32)cc1.[C-]#[N+]c1ccc(-n2c(C)c(C(=O)CN3CCCCC3)c3ccc(C)cc32)cc1. The first-order chi connectivity index (χ1) is 58.5. The zero-order chi connectivity index (χ0) is 85.5. The van der Waals surface area contributed by atoms with Crippen LogP contribution >= 0.6 is 11.6 Å². The minimum atomic E-state index is -0.0832. The number of rotatable bonds is 22. The summed E-state index contributed by atoms with van der Waals surface area (Å²) in [6.07, 6.45) is 14.7. The molecule has 0 unspecified atom stereocenters. The van der Waals surface area contributed by atoms with E-state index in [2.05, 4.69) is 127 Å². The van der Waals surface area contributed by atoms with Crippen LogP contribution in [-0.2, 0) is 29.1 Å². The summed E-state index contributed by atoms with van der Waals surface area (Å²) in [4.78, 5) is 98.4. The summed E-state index contributed by atoms with van der Waals surface area (Å²) in [7, 11) is 4.14. The predicted molar refractivity (Wildman–Crippen MR) is 488 cm³/mol. The number of amides is 1. The maximum absolute atomic E-state index is 13.5. The molecule has 0 bridgehead atoms. The average Bonchev–Trinajstić information content (AvgIpc) is 1.62. The zero-order valence-electron chi connectivity index (χ0n) is 71.5. The molecule has 16 rings (SSSR count). The smallest absolute Gasteiger partial charge is 0.217 e. The molecule has 0 radical (unpaired) electrons. The van der Waals surface area contributed by atoms with Gasteiger partial charge in [-0.1, -0.05) is 110 Å². The van der Waals surface area contributed by atoms with Crippen molar-refractivity contribution >= 4 is 107 Å². The van der Waals surface area contributed by atoms with Crippen molar-refractivity contribution in [2.45, 2.75) is 145 Å². The minimum Gasteiger partial charge on any atom is -0.352 e. The number of halogens is 1. The minimum absolute atomic E-state index is 0.0832. The van der Waals surface area contributed by atoms with Gasteiger partial charge in [0.2, 0.25) is 5.91 Å². The third kappa shape index (κ3) is 20.7. The van der Waals surface area contributed by atoms with Crippen LogP contribution in [-0.4, -0.2) is 170 Å². The van der Waals surface area contributed by atoms with Gasteiger partial charge in [0.05, 0.1) is 68.0 Å². The highest BCUT2D eigenvalue weighted by atomic mass is 35.5. The second-order valence-electron chi connectivity index (χ2n) is 33.2. The molecule has 4 fully saturated rings. The van der Waals surface area contributed by atoms with Crippen molar-refractivity contribution in [3.63, 3.8) is 0 Å². The Morgan fingerprint density at radius 1 is 0.364 bits per heavy atom. The van der Waals surface area contributed by atoms with Crippen LogP contribution in [0.2, 0.25) is 5.02 Å². The molecule has 0 atom stereocenters. The number of likely N-dealkylation sites (tertiary alicyclic amines) is 4. The molecule has 1 N–H and O–H groups in total. The Morgan fingerprint density at radius 3 is 1.02 bits per heavy atom. The fraction of sp³-hybridized carbons (Fsp3) is 0.356. The van der Waals surface area contributed by atoms with Crippen LogP contribution < -0.4 is 5.32 Å². The van der Waals surface area contributed by atoms with Crippen LogP contribution in [0.4, 0.5) is 17.1 Å². The number of carbonyl (C=O) groups is 6. The van der Waals surface area contributed by atoms with Gasteiger partial charge in [-0.15, -0.1) is 0 Å².